The summed E-state index contributed by atoms with van der Waals surface area (Å²) in [6.07, 6.45) is 6.29. The molecule has 1 amide bonds. The molecule has 3 heteroatoms. The molecular formula is C19H32N2O. The van der Waals surface area contributed by atoms with Crippen molar-refractivity contribution >= 4 is 5.91 Å². The summed E-state index contributed by atoms with van der Waals surface area (Å²) in [5.41, 5.74) is 1.16. The van der Waals surface area contributed by atoms with Crippen molar-refractivity contribution in [3.05, 3.63) is 30.1 Å². The summed E-state index contributed by atoms with van der Waals surface area (Å²) < 4.78 is 0. The molecule has 22 heavy (non-hydrogen) atoms. The second kappa shape index (κ2) is 8.92. The van der Waals surface area contributed by atoms with Gasteiger partial charge in [-0.1, -0.05) is 40.7 Å². The molecule has 0 aliphatic heterocycles. The second-order valence-electron chi connectivity index (χ2n) is 7.63. The number of hydrogen-bond acceptors (Lipinski definition) is 2. The van der Waals surface area contributed by atoms with Crippen LogP contribution in [0.25, 0.3) is 0 Å². The van der Waals surface area contributed by atoms with E-state index in [1.54, 1.807) is 6.20 Å². The lowest BCUT2D eigenvalue weighted by Gasteiger charge is -2.32. The van der Waals surface area contributed by atoms with Gasteiger partial charge in [0.25, 0.3) is 0 Å². The number of aryl methyl sites for hydroxylation is 1. The number of rotatable bonds is 8. The Bertz CT molecular complexity index is 434. The first kappa shape index (κ1) is 18.7. The first-order valence-electron chi connectivity index (χ1n) is 8.48. The van der Waals surface area contributed by atoms with Gasteiger partial charge in [0.15, 0.2) is 0 Å². The summed E-state index contributed by atoms with van der Waals surface area (Å²) in [7, 11) is 0. The van der Waals surface area contributed by atoms with Crippen molar-refractivity contribution in [1.82, 2.24) is 10.3 Å². The zero-order valence-electron chi connectivity index (χ0n) is 14.9. The maximum absolute atomic E-state index is 12.2. The van der Waals surface area contributed by atoms with Crippen molar-refractivity contribution in [2.75, 3.05) is 0 Å². The fourth-order valence-corrected chi connectivity index (χ4v) is 2.46. The van der Waals surface area contributed by atoms with E-state index in [2.05, 4.69) is 44.9 Å². The average Bonchev–Trinajstić information content (AvgIpc) is 2.43. The van der Waals surface area contributed by atoms with Crippen LogP contribution in [0.1, 0.15) is 66.0 Å². The lowest BCUT2D eigenvalue weighted by Crippen LogP contribution is -2.43. The van der Waals surface area contributed by atoms with Crippen molar-refractivity contribution in [1.29, 1.82) is 0 Å². The van der Waals surface area contributed by atoms with E-state index in [4.69, 9.17) is 0 Å². The Morgan fingerprint density at radius 3 is 2.50 bits per heavy atom. The van der Waals surface area contributed by atoms with Crippen molar-refractivity contribution in [2.24, 2.45) is 11.3 Å². The van der Waals surface area contributed by atoms with Gasteiger partial charge in [-0.25, -0.2) is 0 Å². The highest BCUT2D eigenvalue weighted by molar-refractivity contribution is 5.76. The number of nitrogens with one attached hydrogen (secondary N) is 1. The summed E-state index contributed by atoms with van der Waals surface area (Å²) in [5.74, 6) is 0.838. The number of pyridine rings is 1. The van der Waals surface area contributed by atoms with Gasteiger partial charge in [-0.3, -0.25) is 9.78 Å². The summed E-state index contributed by atoms with van der Waals surface area (Å²) >= 11 is 0. The van der Waals surface area contributed by atoms with E-state index < -0.39 is 0 Å². The van der Waals surface area contributed by atoms with Crippen LogP contribution in [0, 0.1) is 11.3 Å². The van der Waals surface area contributed by atoms with E-state index in [-0.39, 0.29) is 17.4 Å². The number of amides is 1. The van der Waals surface area contributed by atoms with E-state index in [0.717, 1.165) is 31.4 Å². The Morgan fingerprint density at radius 1 is 1.23 bits per heavy atom. The summed E-state index contributed by atoms with van der Waals surface area (Å²) in [5, 5.41) is 3.24. The molecule has 1 aromatic heterocycles. The Kier molecular flexibility index (Phi) is 7.57. The molecule has 0 fully saturated rings. The maximum Gasteiger partial charge on any atom is 0.220 e. The van der Waals surface area contributed by atoms with Gasteiger partial charge >= 0.3 is 0 Å². The molecule has 1 rings (SSSR count). The minimum atomic E-state index is 0.103. The molecule has 0 aromatic carbocycles. The molecular weight excluding hydrogens is 272 g/mol. The van der Waals surface area contributed by atoms with E-state index >= 15 is 0 Å². The van der Waals surface area contributed by atoms with Crippen LogP contribution in [0.5, 0.6) is 0 Å². The van der Waals surface area contributed by atoms with Crippen molar-refractivity contribution in [2.45, 2.75) is 72.8 Å². The minimum Gasteiger partial charge on any atom is -0.353 e. The summed E-state index contributed by atoms with van der Waals surface area (Å²) in [4.78, 5) is 16.5. The third-order valence-corrected chi connectivity index (χ3v) is 3.98. The normalized spacial score (nSPS) is 13.2. The smallest absolute Gasteiger partial charge is 0.220 e. The zero-order chi connectivity index (χ0) is 16.6. The van der Waals surface area contributed by atoms with Crippen LogP contribution in [-0.4, -0.2) is 16.9 Å². The largest absolute Gasteiger partial charge is 0.353 e. The third kappa shape index (κ3) is 7.58. The molecule has 0 spiro atoms. The average molecular weight is 304 g/mol. The highest BCUT2D eigenvalue weighted by Crippen LogP contribution is 2.24. The van der Waals surface area contributed by atoms with Gasteiger partial charge in [-0.2, -0.15) is 0 Å². The van der Waals surface area contributed by atoms with Gasteiger partial charge in [0.05, 0.1) is 0 Å². The molecule has 1 unspecified atom stereocenters. The Morgan fingerprint density at radius 2 is 1.95 bits per heavy atom. The van der Waals surface area contributed by atoms with E-state index in [1.165, 1.54) is 0 Å². The lowest BCUT2D eigenvalue weighted by molar-refractivity contribution is -0.122. The van der Waals surface area contributed by atoms with Crippen LogP contribution in [0.2, 0.25) is 0 Å². The van der Waals surface area contributed by atoms with Gasteiger partial charge < -0.3 is 5.32 Å². The quantitative estimate of drug-likeness (QED) is 0.775. The van der Waals surface area contributed by atoms with E-state index in [0.29, 0.717) is 12.3 Å². The highest BCUT2D eigenvalue weighted by atomic mass is 16.1. The topological polar surface area (TPSA) is 42.0 Å². The first-order valence-corrected chi connectivity index (χ1v) is 8.48. The van der Waals surface area contributed by atoms with Crippen LogP contribution in [0.4, 0.5) is 0 Å². The van der Waals surface area contributed by atoms with Gasteiger partial charge in [-0.05, 0) is 49.1 Å². The molecule has 0 saturated carbocycles. The van der Waals surface area contributed by atoms with Crippen LogP contribution >= 0.6 is 0 Å². The van der Waals surface area contributed by atoms with E-state index in [9.17, 15) is 4.79 Å². The van der Waals surface area contributed by atoms with Gasteiger partial charge in [0.2, 0.25) is 5.91 Å². The van der Waals surface area contributed by atoms with Crippen LogP contribution in [0.3, 0.4) is 0 Å². The number of carbonyl (C=O) groups is 1. The Hall–Kier alpha value is -1.38. The maximum atomic E-state index is 12.2. The van der Waals surface area contributed by atoms with Crippen molar-refractivity contribution in [3.8, 4) is 0 Å². The highest BCUT2D eigenvalue weighted by Gasteiger charge is 2.25. The standard InChI is InChI=1S/C19H32N2O/c1-15(2)12-13-17(19(3,4)5)21-18(22)11-8-10-16-9-6-7-14-20-16/h6-7,9,14-15,17H,8,10-13H2,1-5H3,(H,21,22). The molecule has 0 saturated heterocycles. The molecule has 1 heterocycles. The number of hydrogen-bond donors (Lipinski definition) is 1. The number of nitrogens with zero attached hydrogens (tertiary/aromatic N) is 1. The molecule has 124 valence electrons. The number of aromatic nitrogens is 1. The SMILES string of the molecule is CC(C)CCC(NC(=O)CCCc1ccccn1)C(C)(C)C. The van der Waals surface area contributed by atoms with Gasteiger partial charge in [0.1, 0.15) is 0 Å². The minimum absolute atomic E-state index is 0.103. The van der Waals surface area contributed by atoms with E-state index in [1.807, 2.05) is 18.2 Å². The number of carbonyl (C=O) groups excluding carboxylic acids is 1. The van der Waals surface area contributed by atoms with Gasteiger partial charge in [-0.15, -0.1) is 0 Å². The van der Waals surface area contributed by atoms with Crippen LogP contribution in [0.15, 0.2) is 24.4 Å². The van der Waals surface area contributed by atoms with Crippen molar-refractivity contribution < 1.29 is 4.79 Å². The molecule has 0 radical (unpaired) electrons. The summed E-state index contributed by atoms with van der Waals surface area (Å²) in [6.45, 7) is 11.1. The molecule has 1 N–H and O–H groups in total. The van der Waals surface area contributed by atoms with Crippen LogP contribution < -0.4 is 5.32 Å². The fourth-order valence-electron chi connectivity index (χ4n) is 2.46. The molecule has 1 atom stereocenters. The third-order valence-electron chi connectivity index (χ3n) is 3.98. The molecule has 3 nitrogen and oxygen atoms in total. The van der Waals surface area contributed by atoms with Crippen molar-refractivity contribution in [3.63, 3.8) is 0 Å². The molecule has 1 aromatic rings. The Labute approximate surface area is 135 Å². The lowest BCUT2D eigenvalue weighted by atomic mass is 9.82. The zero-order valence-corrected chi connectivity index (χ0v) is 14.9. The predicted molar refractivity (Wildman–Crippen MR) is 92.6 cm³/mol. The predicted octanol–water partition coefficient (Wildman–Crippen LogP) is 4.37. The first-order chi connectivity index (χ1) is 10.3. The summed E-state index contributed by atoms with van der Waals surface area (Å²) in [6, 6.07) is 6.17. The molecule has 0 aliphatic carbocycles. The molecule has 0 bridgehead atoms. The second-order valence-corrected chi connectivity index (χ2v) is 7.63. The Balaban J connectivity index is 2.39. The fraction of sp³-hybridized carbons (Fsp3) is 0.684. The monoisotopic (exact) mass is 304 g/mol. The molecule has 0 aliphatic rings. The van der Waals surface area contributed by atoms with Crippen LogP contribution in [-0.2, 0) is 11.2 Å². The van der Waals surface area contributed by atoms with Gasteiger partial charge in [0, 0.05) is 24.4 Å².